The first kappa shape index (κ1) is 20.2. The van der Waals surface area contributed by atoms with Crippen molar-refractivity contribution in [1.29, 1.82) is 0 Å². The number of fused-ring (bicyclic) bond motifs is 1. The van der Waals surface area contributed by atoms with Gasteiger partial charge < -0.3 is 15.1 Å². The average Bonchev–Trinajstić information content (AvgIpc) is 3.22. The summed E-state index contributed by atoms with van der Waals surface area (Å²) >= 11 is 5.99. The van der Waals surface area contributed by atoms with Crippen LogP contribution >= 0.6 is 11.6 Å². The normalized spacial score (nSPS) is 14.0. The zero-order valence-electron chi connectivity index (χ0n) is 17.2. The van der Waals surface area contributed by atoms with Crippen molar-refractivity contribution < 1.29 is 4.79 Å². The van der Waals surface area contributed by atoms with Crippen LogP contribution in [0.15, 0.2) is 61.2 Å². The number of pyridine rings is 1. The minimum absolute atomic E-state index is 0.0416. The smallest absolute Gasteiger partial charge is 0.246 e. The first-order valence-electron chi connectivity index (χ1n) is 10.3. The third-order valence-corrected chi connectivity index (χ3v) is 5.60. The molecule has 4 aromatic rings. The molecule has 4 heterocycles. The van der Waals surface area contributed by atoms with Crippen molar-refractivity contribution in [3.05, 3.63) is 66.2 Å². The molecule has 1 saturated heterocycles. The Morgan fingerprint density at radius 1 is 1.00 bits per heavy atom. The summed E-state index contributed by atoms with van der Waals surface area (Å²) in [5.74, 6) is 1.61. The minimum Gasteiger partial charge on any atom is -0.353 e. The van der Waals surface area contributed by atoms with Crippen molar-refractivity contribution in [2.45, 2.75) is 6.54 Å². The fourth-order valence-corrected chi connectivity index (χ4v) is 4.03. The molecule has 0 spiro atoms. The molecule has 0 radical (unpaired) electrons. The highest BCUT2D eigenvalue weighted by molar-refractivity contribution is 6.30. The number of amides is 1. The molecule has 0 saturated carbocycles. The molecule has 10 heteroatoms. The van der Waals surface area contributed by atoms with E-state index in [-0.39, 0.29) is 12.5 Å². The van der Waals surface area contributed by atoms with Crippen LogP contribution in [-0.2, 0) is 11.3 Å². The number of hydrogen-bond donors (Lipinski definition) is 1. The highest BCUT2D eigenvalue weighted by Crippen LogP contribution is 2.25. The Kier molecular flexibility index (Phi) is 5.55. The molecule has 162 valence electrons. The third-order valence-electron chi connectivity index (χ3n) is 5.37. The van der Waals surface area contributed by atoms with Crippen molar-refractivity contribution in [3.63, 3.8) is 0 Å². The number of nitrogens with zero attached hydrogens (tertiary/aromatic N) is 7. The van der Waals surface area contributed by atoms with Crippen LogP contribution in [0.2, 0.25) is 5.02 Å². The zero-order chi connectivity index (χ0) is 21.9. The van der Waals surface area contributed by atoms with Crippen molar-refractivity contribution in [1.82, 2.24) is 24.7 Å². The van der Waals surface area contributed by atoms with Crippen LogP contribution < -0.4 is 15.1 Å². The van der Waals surface area contributed by atoms with Crippen molar-refractivity contribution in [2.24, 2.45) is 0 Å². The molecule has 1 fully saturated rings. The van der Waals surface area contributed by atoms with E-state index >= 15 is 0 Å². The maximum absolute atomic E-state index is 12.5. The first-order valence-corrected chi connectivity index (χ1v) is 10.7. The van der Waals surface area contributed by atoms with E-state index in [4.69, 9.17) is 11.6 Å². The summed E-state index contributed by atoms with van der Waals surface area (Å²) in [6.45, 7) is 3.35. The fraction of sp³-hybridized carbons (Fsp3) is 0.227. The molecule has 1 aliphatic heterocycles. The number of piperazine rings is 1. The Morgan fingerprint density at radius 2 is 1.84 bits per heavy atom. The van der Waals surface area contributed by atoms with E-state index in [1.54, 1.807) is 35.1 Å². The molecule has 1 aromatic carbocycles. The molecule has 0 atom stereocenters. The largest absolute Gasteiger partial charge is 0.353 e. The molecule has 5 rings (SSSR count). The topological polar surface area (TPSA) is 92.1 Å². The number of carbonyl (C=O) groups excluding carboxylic acids is 1. The van der Waals surface area contributed by atoms with E-state index in [1.165, 1.54) is 6.33 Å². The molecule has 1 amide bonds. The van der Waals surface area contributed by atoms with Crippen LogP contribution in [0.1, 0.15) is 0 Å². The number of anilines is 3. The van der Waals surface area contributed by atoms with Crippen LogP contribution in [0.5, 0.6) is 0 Å². The lowest BCUT2D eigenvalue weighted by molar-refractivity contribution is -0.116. The Bertz CT molecular complexity index is 1240. The molecule has 0 aliphatic carbocycles. The van der Waals surface area contributed by atoms with Crippen LogP contribution in [-0.4, -0.2) is 56.8 Å². The average molecular weight is 449 g/mol. The van der Waals surface area contributed by atoms with Crippen LogP contribution in [0.3, 0.4) is 0 Å². The number of halogens is 1. The van der Waals surface area contributed by atoms with Crippen LogP contribution in [0, 0.1) is 0 Å². The molecular weight excluding hydrogens is 428 g/mol. The maximum Gasteiger partial charge on any atom is 0.246 e. The molecule has 1 aliphatic rings. The van der Waals surface area contributed by atoms with Gasteiger partial charge in [-0.2, -0.15) is 5.10 Å². The van der Waals surface area contributed by atoms with Gasteiger partial charge >= 0.3 is 0 Å². The van der Waals surface area contributed by atoms with Gasteiger partial charge in [-0.25, -0.2) is 19.6 Å². The lowest BCUT2D eigenvalue weighted by Crippen LogP contribution is -2.47. The summed E-state index contributed by atoms with van der Waals surface area (Å²) in [5, 5.41) is 8.62. The number of hydrogen-bond acceptors (Lipinski definition) is 7. The van der Waals surface area contributed by atoms with Gasteiger partial charge in [-0.05, 0) is 30.3 Å². The van der Waals surface area contributed by atoms with Gasteiger partial charge in [-0.3, -0.25) is 4.79 Å². The summed E-state index contributed by atoms with van der Waals surface area (Å²) in [6.07, 6.45) is 5.06. The molecule has 0 unspecified atom stereocenters. The molecule has 32 heavy (non-hydrogen) atoms. The van der Waals surface area contributed by atoms with Crippen molar-refractivity contribution >= 4 is 45.9 Å². The lowest BCUT2D eigenvalue weighted by atomic mass is 10.2. The summed E-state index contributed by atoms with van der Waals surface area (Å²) in [6, 6.07) is 13.0. The second-order valence-corrected chi connectivity index (χ2v) is 7.89. The molecular formula is C22H21ClN8O. The fourth-order valence-electron chi connectivity index (χ4n) is 3.84. The predicted octanol–water partition coefficient (Wildman–Crippen LogP) is 2.84. The quantitative estimate of drug-likeness (QED) is 0.501. The Morgan fingerprint density at radius 3 is 2.62 bits per heavy atom. The highest BCUT2D eigenvalue weighted by Gasteiger charge is 2.22. The Hall–Kier alpha value is -3.72. The SMILES string of the molecule is O=C(Cn1ncc2c(N3CCN(c4ccccn4)CC3)ncnc21)Nc1cccc(Cl)c1. The lowest BCUT2D eigenvalue weighted by Gasteiger charge is -2.36. The van der Waals surface area contributed by atoms with Crippen LogP contribution in [0.4, 0.5) is 17.3 Å². The van der Waals surface area contributed by atoms with E-state index in [0.29, 0.717) is 16.4 Å². The number of aromatic nitrogens is 5. The van der Waals surface area contributed by atoms with Crippen LogP contribution in [0.25, 0.3) is 11.0 Å². The molecule has 9 nitrogen and oxygen atoms in total. The van der Waals surface area contributed by atoms with Gasteiger partial charge in [0.25, 0.3) is 0 Å². The van der Waals surface area contributed by atoms with Gasteiger partial charge in [-0.15, -0.1) is 0 Å². The molecule has 3 aromatic heterocycles. The van der Waals surface area contributed by atoms with E-state index in [0.717, 1.165) is 43.2 Å². The van der Waals surface area contributed by atoms with Crippen molar-refractivity contribution in [2.75, 3.05) is 41.3 Å². The van der Waals surface area contributed by atoms with E-state index < -0.39 is 0 Å². The zero-order valence-corrected chi connectivity index (χ0v) is 18.0. The van der Waals surface area contributed by atoms with Gasteiger partial charge in [0.15, 0.2) is 5.65 Å². The highest BCUT2D eigenvalue weighted by atomic mass is 35.5. The maximum atomic E-state index is 12.5. The van der Waals surface area contributed by atoms with E-state index in [2.05, 4.69) is 35.2 Å². The number of nitrogens with one attached hydrogen (secondary N) is 1. The van der Waals surface area contributed by atoms with Gasteiger partial charge in [0, 0.05) is 43.1 Å². The summed E-state index contributed by atoms with van der Waals surface area (Å²) < 4.78 is 1.59. The standard InChI is InChI=1S/C22H21ClN8O/c23-16-4-3-5-17(12-16)28-20(32)14-31-22-18(13-27-31)21(25-15-26-22)30-10-8-29(9-11-30)19-6-1-2-7-24-19/h1-7,12-13,15H,8-11,14H2,(H,28,32). The van der Waals surface area contributed by atoms with Gasteiger partial charge in [0.05, 0.1) is 11.6 Å². The molecule has 1 N–H and O–H groups in total. The summed E-state index contributed by atoms with van der Waals surface area (Å²) in [5.41, 5.74) is 1.27. The second-order valence-electron chi connectivity index (χ2n) is 7.46. The van der Waals surface area contributed by atoms with E-state index in [1.807, 2.05) is 24.4 Å². The summed E-state index contributed by atoms with van der Waals surface area (Å²) in [7, 11) is 0. The van der Waals surface area contributed by atoms with Gasteiger partial charge in [0.2, 0.25) is 5.91 Å². The van der Waals surface area contributed by atoms with E-state index in [9.17, 15) is 4.79 Å². The first-order chi connectivity index (χ1) is 15.7. The minimum atomic E-state index is -0.207. The number of rotatable bonds is 5. The Labute approximate surface area is 189 Å². The third kappa shape index (κ3) is 4.19. The molecule has 0 bridgehead atoms. The Balaban J connectivity index is 1.30. The van der Waals surface area contributed by atoms with Gasteiger partial charge in [-0.1, -0.05) is 23.7 Å². The monoisotopic (exact) mass is 448 g/mol. The number of benzene rings is 1. The van der Waals surface area contributed by atoms with Crippen molar-refractivity contribution in [3.8, 4) is 0 Å². The summed E-state index contributed by atoms with van der Waals surface area (Å²) in [4.78, 5) is 30.3. The second kappa shape index (κ2) is 8.80. The van der Waals surface area contributed by atoms with Gasteiger partial charge in [0.1, 0.15) is 24.5 Å². The number of carbonyl (C=O) groups is 1. The predicted molar refractivity (Wildman–Crippen MR) is 124 cm³/mol.